The molecule has 2 N–H and O–H groups in total. The molecule has 0 unspecified atom stereocenters. The SMILES string of the molecule is CC1(NC(=O)CNC2CCCC2)CCCCC1. The molecule has 2 saturated carbocycles. The van der Waals surface area contributed by atoms with E-state index in [0.29, 0.717) is 12.6 Å². The number of hydrogen-bond acceptors (Lipinski definition) is 2. The van der Waals surface area contributed by atoms with Crippen LogP contribution in [0, 0.1) is 0 Å². The fourth-order valence-corrected chi connectivity index (χ4v) is 3.20. The van der Waals surface area contributed by atoms with E-state index < -0.39 is 0 Å². The molecule has 3 nitrogen and oxygen atoms in total. The maximum atomic E-state index is 11.9. The molecule has 0 aromatic rings. The Kier molecular flexibility index (Phi) is 4.43. The first-order chi connectivity index (χ1) is 8.18. The lowest BCUT2D eigenvalue weighted by Gasteiger charge is -2.34. The lowest BCUT2D eigenvalue weighted by molar-refractivity contribution is -0.122. The molecule has 2 aliphatic carbocycles. The van der Waals surface area contributed by atoms with Crippen LogP contribution in [0.1, 0.15) is 64.7 Å². The third-order valence-corrected chi connectivity index (χ3v) is 4.30. The van der Waals surface area contributed by atoms with Crippen LogP contribution in [0.15, 0.2) is 0 Å². The van der Waals surface area contributed by atoms with Gasteiger partial charge in [-0.05, 0) is 32.6 Å². The van der Waals surface area contributed by atoms with E-state index in [-0.39, 0.29) is 11.4 Å². The number of rotatable bonds is 4. The monoisotopic (exact) mass is 238 g/mol. The number of nitrogens with one attached hydrogen (secondary N) is 2. The summed E-state index contributed by atoms with van der Waals surface area (Å²) in [5, 5.41) is 6.59. The van der Waals surface area contributed by atoms with Crippen molar-refractivity contribution in [3.63, 3.8) is 0 Å². The molecule has 2 rings (SSSR count). The van der Waals surface area contributed by atoms with Crippen molar-refractivity contribution in [1.82, 2.24) is 10.6 Å². The van der Waals surface area contributed by atoms with E-state index in [1.54, 1.807) is 0 Å². The van der Waals surface area contributed by atoms with Gasteiger partial charge in [-0.2, -0.15) is 0 Å². The molecule has 0 bridgehead atoms. The molecule has 0 radical (unpaired) electrons. The van der Waals surface area contributed by atoms with Crippen molar-refractivity contribution >= 4 is 5.91 Å². The molecular formula is C14H26N2O. The van der Waals surface area contributed by atoms with Gasteiger partial charge in [0.05, 0.1) is 6.54 Å². The Labute approximate surface area is 105 Å². The predicted molar refractivity (Wildman–Crippen MR) is 69.9 cm³/mol. The van der Waals surface area contributed by atoms with Crippen LogP contribution in [0.2, 0.25) is 0 Å². The summed E-state index contributed by atoms with van der Waals surface area (Å²) in [6.45, 7) is 2.69. The van der Waals surface area contributed by atoms with Gasteiger partial charge in [0.25, 0.3) is 0 Å². The molecule has 0 aromatic heterocycles. The van der Waals surface area contributed by atoms with E-state index in [1.165, 1.54) is 44.9 Å². The highest BCUT2D eigenvalue weighted by atomic mass is 16.2. The van der Waals surface area contributed by atoms with Gasteiger partial charge in [0.1, 0.15) is 0 Å². The minimum atomic E-state index is 0.0622. The van der Waals surface area contributed by atoms with Crippen molar-refractivity contribution in [2.45, 2.75) is 76.3 Å². The second-order valence-corrected chi connectivity index (χ2v) is 6.03. The molecule has 0 aromatic carbocycles. The van der Waals surface area contributed by atoms with E-state index in [0.717, 1.165) is 12.8 Å². The first kappa shape index (κ1) is 12.9. The summed E-state index contributed by atoms with van der Waals surface area (Å²) in [6, 6.07) is 0.583. The zero-order valence-corrected chi connectivity index (χ0v) is 11.1. The van der Waals surface area contributed by atoms with Crippen LogP contribution < -0.4 is 10.6 Å². The first-order valence-corrected chi connectivity index (χ1v) is 7.22. The minimum absolute atomic E-state index is 0.0622. The van der Waals surface area contributed by atoms with Crippen molar-refractivity contribution in [1.29, 1.82) is 0 Å². The lowest BCUT2D eigenvalue weighted by Crippen LogP contribution is -2.50. The molecule has 2 fully saturated rings. The van der Waals surface area contributed by atoms with Crippen LogP contribution in [0.5, 0.6) is 0 Å². The maximum absolute atomic E-state index is 11.9. The lowest BCUT2D eigenvalue weighted by atomic mass is 9.83. The van der Waals surface area contributed by atoms with E-state index in [1.807, 2.05) is 0 Å². The standard InChI is InChI=1S/C14H26N2O/c1-14(9-5-2-6-10-14)16-13(17)11-15-12-7-3-4-8-12/h12,15H,2-11H2,1H3,(H,16,17). The number of carbonyl (C=O) groups is 1. The van der Waals surface area contributed by atoms with Crippen LogP contribution in [0.3, 0.4) is 0 Å². The van der Waals surface area contributed by atoms with Crippen molar-refractivity contribution in [2.24, 2.45) is 0 Å². The van der Waals surface area contributed by atoms with E-state index in [4.69, 9.17) is 0 Å². The van der Waals surface area contributed by atoms with Crippen LogP contribution in [0.4, 0.5) is 0 Å². The largest absolute Gasteiger partial charge is 0.350 e. The summed E-state index contributed by atoms with van der Waals surface area (Å²) in [4.78, 5) is 11.9. The zero-order chi connectivity index (χ0) is 12.1. The van der Waals surface area contributed by atoms with Crippen molar-refractivity contribution in [3.05, 3.63) is 0 Å². The highest BCUT2D eigenvalue weighted by Gasteiger charge is 2.28. The molecule has 0 saturated heterocycles. The maximum Gasteiger partial charge on any atom is 0.234 e. The number of carbonyl (C=O) groups excluding carboxylic acids is 1. The van der Waals surface area contributed by atoms with Crippen molar-refractivity contribution < 1.29 is 4.79 Å². The quantitative estimate of drug-likeness (QED) is 0.789. The van der Waals surface area contributed by atoms with Gasteiger partial charge in [0.2, 0.25) is 5.91 Å². The van der Waals surface area contributed by atoms with Crippen LogP contribution in [0.25, 0.3) is 0 Å². The average Bonchev–Trinajstić information content (AvgIpc) is 2.79. The third kappa shape index (κ3) is 3.98. The van der Waals surface area contributed by atoms with Gasteiger partial charge in [0, 0.05) is 11.6 Å². The average molecular weight is 238 g/mol. The van der Waals surface area contributed by atoms with Crippen molar-refractivity contribution in [2.75, 3.05) is 6.54 Å². The molecule has 1 amide bonds. The second kappa shape index (κ2) is 5.85. The van der Waals surface area contributed by atoms with Gasteiger partial charge < -0.3 is 10.6 Å². The van der Waals surface area contributed by atoms with E-state index in [2.05, 4.69) is 17.6 Å². The highest BCUT2D eigenvalue weighted by Crippen LogP contribution is 2.27. The van der Waals surface area contributed by atoms with Crippen LogP contribution in [-0.2, 0) is 4.79 Å². The molecule has 98 valence electrons. The summed E-state index contributed by atoms with van der Waals surface area (Å²) in [5.74, 6) is 0.182. The van der Waals surface area contributed by atoms with Gasteiger partial charge in [-0.25, -0.2) is 0 Å². The molecule has 0 atom stereocenters. The Morgan fingerprint density at radius 2 is 1.76 bits per heavy atom. The third-order valence-electron chi connectivity index (χ3n) is 4.30. The number of amides is 1. The molecule has 0 spiro atoms. The molecule has 2 aliphatic rings. The van der Waals surface area contributed by atoms with Crippen LogP contribution in [-0.4, -0.2) is 24.0 Å². The fraction of sp³-hybridized carbons (Fsp3) is 0.929. The Morgan fingerprint density at radius 3 is 2.41 bits per heavy atom. The Bertz CT molecular complexity index is 253. The highest BCUT2D eigenvalue weighted by molar-refractivity contribution is 5.78. The molecular weight excluding hydrogens is 212 g/mol. The first-order valence-electron chi connectivity index (χ1n) is 7.22. The normalized spacial score (nSPS) is 24.8. The minimum Gasteiger partial charge on any atom is -0.350 e. The van der Waals surface area contributed by atoms with Crippen LogP contribution >= 0.6 is 0 Å². The summed E-state index contributed by atoms with van der Waals surface area (Å²) in [6.07, 6.45) is 11.2. The Balaban J connectivity index is 1.68. The van der Waals surface area contributed by atoms with Gasteiger partial charge >= 0.3 is 0 Å². The van der Waals surface area contributed by atoms with E-state index >= 15 is 0 Å². The molecule has 0 aliphatic heterocycles. The molecule has 3 heteroatoms. The van der Waals surface area contributed by atoms with Gasteiger partial charge in [-0.15, -0.1) is 0 Å². The van der Waals surface area contributed by atoms with Crippen molar-refractivity contribution in [3.8, 4) is 0 Å². The van der Waals surface area contributed by atoms with Gasteiger partial charge in [0.15, 0.2) is 0 Å². The summed E-state index contributed by atoms with van der Waals surface area (Å²) in [7, 11) is 0. The number of hydrogen-bond donors (Lipinski definition) is 2. The summed E-state index contributed by atoms with van der Waals surface area (Å²) < 4.78 is 0. The Hall–Kier alpha value is -0.570. The topological polar surface area (TPSA) is 41.1 Å². The molecule has 17 heavy (non-hydrogen) atoms. The molecule has 0 heterocycles. The second-order valence-electron chi connectivity index (χ2n) is 6.03. The fourth-order valence-electron chi connectivity index (χ4n) is 3.20. The predicted octanol–water partition coefficient (Wildman–Crippen LogP) is 2.36. The summed E-state index contributed by atoms with van der Waals surface area (Å²) >= 11 is 0. The smallest absolute Gasteiger partial charge is 0.234 e. The Morgan fingerprint density at radius 1 is 1.12 bits per heavy atom. The van der Waals surface area contributed by atoms with Gasteiger partial charge in [-0.3, -0.25) is 4.79 Å². The van der Waals surface area contributed by atoms with E-state index in [9.17, 15) is 4.79 Å². The zero-order valence-electron chi connectivity index (χ0n) is 11.1. The van der Waals surface area contributed by atoms with Gasteiger partial charge in [-0.1, -0.05) is 32.1 Å². The summed E-state index contributed by atoms with van der Waals surface area (Å²) in [5.41, 5.74) is 0.0622.